The number of carbonyl (C=O) groups is 1. The van der Waals surface area contributed by atoms with Gasteiger partial charge < -0.3 is 10.0 Å². The maximum atomic E-state index is 12.3. The number of nitrogens with zero attached hydrogens (tertiary/aromatic N) is 3. The number of hydrogen-bond donors (Lipinski definition) is 1. The number of aliphatic carboxylic acids is 1. The first-order valence-electron chi connectivity index (χ1n) is 7.10. The van der Waals surface area contributed by atoms with E-state index in [-0.39, 0.29) is 24.1 Å². The van der Waals surface area contributed by atoms with Gasteiger partial charge in [0, 0.05) is 23.5 Å². The zero-order chi connectivity index (χ0) is 16.3. The number of hydrogen-bond acceptors (Lipinski definition) is 4. The van der Waals surface area contributed by atoms with Gasteiger partial charge in [-0.25, -0.2) is 4.79 Å². The number of aromatic nitrogens is 2. The highest BCUT2D eigenvalue weighted by atomic mass is 16.4. The van der Waals surface area contributed by atoms with Crippen molar-refractivity contribution in [2.45, 2.75) is 40.2 Å². The first-order valence-corrected chi connectivity index (χ1v) is 7.10. The third-order valence-corrected chi connectivity index (χ3v) is 3.69. The Morgan fingerprint density at radius 3 is 2.33 bits per heavy atom. The fourth-order valence-electron chi connectivity index (χ4n) is 2.58. The highest BCUT2D eigenvalue weighted by molar-refractivity contribution is 5.70. The van der Waals surface area contributed by atoms with E-state index in [1.807, 2.05) is 19.0 Å². The van der Waals surface area contributed by atoms with Gasteiger partial charge in [-0.2, -0.15) is 4.98 Å². The molecule has 0 aliphatic heterocycles. The lowest BCUT2D eigenvalue weighted by molar-refractivity contribution is -0.136. The van der Waals surface area contributed by atoms with E-state index in [4.69, 9.17) is 5.11 Å². The summed E-state index contributed by atoms with van der Waals surface area (Å²) in [6, 6.07) is -0.0341. The molecule has 1 atom stereocenters. The molecule has 0 aromatic carbocycles. The number of aryl methyl sites for hydroxylation is 1. The smallest absolute Gasteiger partial charge is 0.348 e. The third kappa shape index (κ3) is 4.14. The summed E-state index contributed by atoms with van der Waals surface area (Å²) in [5, 5.41) is 9.05. The zero-order valence-corrected chi connectivity index (χ0v) is 13.7. The van der Waals surface area contributed by atoms with Crippen LogP contribution in [0.15, 0.2) is 4.79 Å². The fraction of sp³-hybridized carbons (Fsp3) is 0.667. The van der Waals surface area contributed by atoms with E-state index in [2.05, 4.69) is 18.8 Å². The van der Waals surface area contributed by atoms with E-state index in [9.17, 15) is 9.59 Å². The van der Waals surface area contributed by atoms with Gasteiger partial charge in [0.2, 0.25) is 0 Å². The Labute approximate surface area is 125 Å². The molecule has 1 unspecified atom stereocenters. The van der Waals surface area contributed by atoms with E-state index >= 15 is 0 Å². The average Bonchev–Trinajstić information content (AvgIpc) is 2.32. The van der Waals surface area contributed by atoms with Gasteiger partial charge in [0.15, 0.2) is 0 Å². The number of likely N-dealkylation sites (N-methyl/N-ethyl adjacent to an activating group) is 1. The van der Waals surface area contributed by atoms with Crippen LogP contribution in [-0.4, -0.2) is 46.2 Å². The molecule has 1 rings (SSSR count). The number of rotatable bonds is 6. The monoisotopic (exact) mass is 295 g/mol. The molecule has 0 saturated carbocycles. The highest BCUT2D eigenvalue weighted by Crippen LogP contribution is 2.21. The van der Waals surface area contributed by atoms with Crippen LogP contribution in [-0.2, 0) is 11.2 Å². The summed E-state index contributed by atoms with van der Waals surface area (Å²) in [5.74, 6) is -0.673. The van der Waals surface area contributed by atoms with Crippen molar-refractivity contribution < 1.29 is 9.90 Å². The Kier molecular flexibility index (Phi) is 5.66. The van der Waals surface area contributed by atoms with Crippen molar-refractivity contribution in [2.75, 3.05) is 20.6 Å². The molecule has 0 saturated heterocycles. The molecule has 0 bridgehead atoms. The normalized spacial score (nSPS) is 13.0. The summed E-state index contributed by atoms with van der Waals surface area (Å²) >= 11 is 0. The maximum Gasteiger partial charge on any atom is 0.348 e. The minimum Gasteiger partial charge on any atom is -0.481 e. The largest absolute Gasteiger partial charge is 0.481 e. The van der Waals surface area contributed by atoms with Crippen LogP contribution >= 0.6 is 0 Å². The Hall–Kier alpha value is -1.69. The fourth-order valence-corrected chi connectivity index (χ4v) is 2.58. The molecule has 0 radical (unpaired) electrons. The van der Waals surface area contributed by atoms with Gasteiger partial charge in [0.25, 0.3) is 0 Å². The van der Waals surface area contributed by atoms with Crippen molar-refractivity contribution in [3.8, 4) is 0 Å². The van der Waals surface area contributed by atoms with Crippen LogP contribution in [0.1, 0.15) is 36.8 Å². The summed E-state index contributed by atoms with van der Waals surface area (Å²) in [5.41, 5.74) is 1.53. The summed E-state index contributed by atoms with van der Waals surface area (Å²) in [6.07, 6.45) is -0.113. The molecule has 0 aliphatic rings. The average molecular weight is 295 g/mol. The summed E-state index contributed by atoms with van der Waals surface area (Å²) in [7, 11) is 3.91. The Morgan fingerprint density at radius 2 is 1.90 bits per heavy atom. The molecule has 21 heavy (non-hydrogen) atoms. The van der Waals surface area contributed by atoms with Gasteiger partial charge >= 0.3 is 11.7 Å². The van der Waals surface area contributed by atoms with Crippen LogP contribution < -0.4 is 5.69 Å². The van der Waals surface area contributed by atoms with E-state index in [1.165, 1.54) is 0 Å². The van der Waals surface area contributed by atoms with Crippen LogP contribution in [0, 0.1) is 19.8 Å². The molecular weight excluding hydrogens is 270 g/mol. The van der Waals surface area contributed by atoms with Crippen molar-refractivity contribution in [3.63, 3.8) is 0 Å². The van der Waals surface area contributed by atoms with Crippen LogP contribution in [0.3, 0.4) is 0 Å². The van der Waals surface area contributed by atoms with Crippen LogP contribution in [0.5, 0.6) is 0 Å². The molecule has 0 spiro atoms. The van der Waals surface area contributed by atoms with Gasteiger partial charge in [-0.1, -0.05) is 13.8 Å². The second kappa shape index (κ2) is 6.85. The van der Waals surface area contributed by atoms with Gasteiger partial charge in [0.1, 0.15) is 0 Å². The van der Waals surface area contributed by atoms with Gasteiger partial charge in [0.05, 0.1) is 12.5 Å². The lowest BCUT2D eigenvalue weighted by Crippen LogP contribution is -2.38. The molecular formula is C15H25N3O3. The van der Waals surface area contributed by atoms with Crippen molar-refractivity contribution in [1.82, 2.24) is 14.5 Å². The minimum atomic E-state index is -0.915. The first kappa shape index (κ1) is 17.4. The predicted molar refractivity (Wildman–Crippen MR) is 81.7 cm³/mol. The Balaban J connectivity index is 3.46. The van der Waals surface area contributed by atoms with E-state index in [0.29, 0.717) is 23.5 Å². The van der Waals surface area contributed by atoms with Crippen LogP contribution in [0.4, 0.5) is 0 Å². The molecule has 0 aliphatic carbocycles. The minimum absolute atomic E-state index is 0.0341. The van der Waals surface area contributed by atoms with Gasteiger partial charge in [-0.05, 0) is 33.9 Å². The second-order valence-corrected chi connectivity index (χ2v) is 6.06. The summed E-state index contributed by atoms with van der Waals surface area (Å²) in [6.45, 7) is 8.30. The van der Waals surface area contributed by atoms with Crippen LogP contribution in [0.2, 0.25) is 0 Å². The van der Waals surface area contributed by atoms with Crippen molar-refractivity contribution in [2.24, 2.45) is 5.92 Å². The van der Waals surface area contributed by atoms with Gasteiger partial charge in [-0.3, -0.25) is 9.36 Å². The number of carboxylic acids is 1. The molecule has 118 valence electrons. The van der Waals surface area contributed by atoms with Crippen molar-refractivity contribution in [3.05, 3.63) is 27.4 Å². The van der Waals surface area contributed by atoms with Crippen LogP contribution in [0.25, 0.3) is 0 Å². The maximum absolute atomic E-state index is 12.3. The zero-order valence-electron chi connectivity index (χ0n) is 13.7. The molecule has 0 amide bonds. The molecule has 1 aromatic rings. The predicted octanol–water partition coefficient (Wildman–Crippen LogP) is 1.25. The topological polar surface area (TPSA) is 75.4 Å². The van der Waals surface area contributed by atoms with E-state index in [1.54, 1.807) is 18.4 Å². The lowest BCUT2D eigenvalue weighted by atomic mass is 10.0. The molecule has 1 heterocycles. The summed E-state index contributed by atoms with van der Waals surface area (Å²) < 4.78 is 1.65. The van der Waals surface area contributed by atoms with E-state index < -0.39 is 5.97 Å². The SMILES string of the molecule is Cc1nc(=O)n(C(CN(C)C)C(C)C)c(C)c1CC(=O)O. The quantitative estimate of drug-likeness (QED) is 0.854. The molecule has 6 nitrogen and oxygen atoms in total. The molecule has 1 aromatic heterocycles. The standard InChI is InChI=1S/C15H25N3O3/c1-9(2)13(8-17(5)6)18-11(4)12(7-14(19)20)10(3)16-15(18)21/h9,13H,7-8H2,1-6H3,(H,19,20). The third-order valence-electron chi connectivity index (χ3n) is 3.69. The summed E-state index contributed by atoms with van der Waals surface area (Å²) in [4.78, 5) is 29.4. The second-order valence-electron chi connectivity index (χ2n) is 6.06. The molecule has 0 fully saturated rings. The lowest BCUT2D eigenvalue weighted by Gasteiger charge is -2.29. The van der Waals surface area contributed by atoms with Crippen molar-refractivity contribution >= 4 is 5.97 Å². The van der Waals surface area contributed by atoms with E-state index in [0.717, 1.165) is 0 Å². The van der Waals surface area contributed by atoms with Gasteiger partial charge in [-0.15, -0.1) is 0 Å². The Bertz CT molecular complexity index is 576. The number of carboxylic acid groups (broad SMARTS) is 1. The highest BCUT2D eigenvalue weighted by Gasteiger charge is 2.23. The van der Waals surface area contributed by atoms with Crippen molar-refractivity contribution in [1.29, 1.82) is 0 Å². The Morgan fingerprint density at radius 1 is 1.33 bits per heavy atom. The first-order chi connectivity index (χ1) is 9.65. The molecule has 1 N–H and O–H groups in total. The molecule has 6 heteroatoms.